The van der Waals surface area contributed by atoms with Crippen molar-refractivity contribution in [3.63, 3.8) is 0 Å². The van der Waals surface area contributed by atoms with E-state index in [4.69, 9.17) is 11.6 Å². The molecule has 0 aliphatic heterocycles. The zero-order chi connectivity index (χ0) is 13.1. The van der Waals surface area contributed by atoms with Crippen LogP contribution in [0.15, 0.2) is 54.7 Å². The molecular formula is C16H15ClN2. The highest BCUT2D eigenvalue weighted by molar-refractivity contribution is 6.30. The Morgan fingerprint density at radius 3 is 2.63 bits per heavy atom. The molecule has 1 aromatic heterocycles. The van der Waals surface area contributed by atoms with Gasteiger partial charge in [0.2, 0.25) is 0 Å². The molecule has 0 aliphatic carbocycles. The SMILES string of the molecule is Clc1ccc(CNCc2cccc3[nH]ccc23)cc1. The highest BCUT2D eigenvalue weighted by Gasteiger charge is 2.01. The lowest BCUT2D eigenvalue weighted by Gasteiger charge is -2.06. The standard InChI is InChI=1S/C16H15ClN2/c17-14-6-4-12(5-7-14)10-18-11-13-2-1-3-16-15(13)8-9-19-16/h1-9,18-19H,10-11H2. The zero-order valence-corrected chi connectivity index (χ0v) is 11.2. The van der Waals surface area contributed by atoms with Crippen molar-refractivity contribution in [3.8, 4) is 0 Å². The predicted octanol–water partition coefficient (Wildman–Crippen LogP) is 4.11. The highest BCUT2D eigenvalue weighted by atomic mass is 35.5. The Labute approximate surface area is 117 Å². The summed E-state index contributed by atoms with van der Waals surface area (Å²) < 4.78 is 0. The number of benzene rings is 2. The molecule has 0 atom stereocenters. The fraction of sp³-hybridized carbons (Fsp3) is 0.125. The van der Waals surface area contributed by atoms with Gasteiger partial charge < -0.3 is 10.3 Å². The van der Waals surface area contributed by atoms with Crippen molar-refractivity contribution in [1.29, 1.82) is 0 Å². The molecule has 1 heterocycles. The van der Waals surface area contributed by atoms with Crippen LogP contribution in [0.4, 0.5) is 0 Å². The number of H-pyrrole nitrogens is 1. The third kappa shape index (κ3) is 2.80. The van der Waals surface area contributed by atoms with Crippen LogP contribution in [0.1, 0.15) is 11.1 Å². The lowest BCUT2D eigenvalue weighted by Crippen LogP contribution is -2.12. The molecule has 0 aliphatic rings. The lowest BCUT2D eigenvalue weighted by molar-refractivity contribution is 0.696. The van der Waals surface area contributed by atoms with Gasteiger partial charge in [0.05, 0.1) is 0 Å². The Balaban J connectivity index is 1.66. The number of aromatic nitrogens is 1. The van der Waals surface area contributed by atoms with Crippen molar-refractivity contribution in [1.82, 2.24) is 10.3 Å². The van der Waals surface area contributed by atoms with Gasteiger partial charge in [0.25, 0.3) is 0 Å². The van der Waals surface area contributed by atoms with Crippen molar-refractivity contribution >= 4 is 22.5 Å². The number of hydrogen-bond donors (Lipinski definition) is 2. The van der Waals surface area contributed by atoms with Gasteiger partial charge in [0, 0.05) is 35.2 Å². The van der Waals surface area contributed by atoms with Gasteiger partial charge in [0.1, 0.15) is 0 Å². The zero-order valence-electron chi connectivity index (χ0n) is 10.5. The average molecular weight is 271 g/mol. The summed E-state index contributed by atoms with van der Waals surface area (Å²) in [6.07, 6.45) is 1.98. The molecule has 0 bridgehead atoms. The number of fused-ring (bicyclic) bond motifs is 1. The molecule has 0 saturated heterocycles. The maximum Gasteiger partial charge on any atom is 0.0457 e. The molecule has 0 amide bonds. The van der Waals surface area contributed by atoms with Crippen LogP contribution in [-0.4, -0.2) is 4.98 Å². The Bertz CT molecular complexity index is 671. The summed E-state index contributed by atoms with van der Waals surface area (Å²) in [6.45, 7) is 1.70. The monoisotopic (exact) mass is 270 g/mol. The summed E-state index contributed by atoms with van der Waals surface area (Å²) in [5, 5.41) is 5.52. The second kappa shape index (κ2) is 5.47. The smallest absolute Gasteiger partial charge is 0.0457 e. The van der Waals surface area contributed by atoms with Gasteiger partial charge >= 0.3 is 0 Å². The molecule has 3 aromatic rings. The fourth-order valence-electron chi connectivity index (χ4n) is 2.25. The van der Waals surface area contributed by atoms with Crippen LogP contribution in [0.2, 0.25) is 5.02 Å². The van der Waals surface area contributed by atoms with E-state index in [2.05, 4.69) is 34.6 Å². The van der Waals surface area contributed by atoms with E-state index in [0.717, 1.165) is 18.1 Å². The topological polar surface area (TPSA) is 27.8 Å². The molecule has 0 radical (unpaired) electrons. The molecule has 19 heavy (non-hydrogen) atoms. The Kier molecular flexibility index (Phi) is 3.53. The molecule has 2 aromatic carbocycles. The molecule has 0 saturated carbocycles. The van der Waals surface area contributed by atoms with Crippen molar-refractivity contribution < 1.29 is 0 Å². The minimum absolute atomic E-state index is 0.779. The van der Waals surface area contributed by atoms with Gasteiger partial charge in [-0.05, 0) is 35.4 Å². The first-order valence-corrected chi connectivity index (χ1v) is 6.71. The van der Waals surface area contributed by atoms with E-state index in [1.807, 2.05) is 30.5 Å². The molecule has 0 spiro atoms. The van der Waals surface area contributed by atoms with Crippen molar-refractivity contribution in [2.45, 2.75) is 13.1 Å². The normalized spacial score (nSPS) is 11.0. The molecule has 3 heteroatoms. The summed E-state index contributed by atoms with van der Waals surface area (Å²) in [6, 6.07) is 16.4. The minimum atomic E-state index is 0.779. The van der Waals surface area contributed by atoms with Gasteiger partial charge in [-0.15, -0.1) is 0 Å². The van der Waals surface area contributed by atoms with Crippen LogP contribution in [0.25, 0.3) is 10.9 Å². The van der Waals surface area contributed by atoms with E-state index in [1.165, 1.54) is 22.0 Å². The van der Waals surface area contributed by atoms with Gasteiger partial charge in [-0.25, -0.2) is 0 Å². The average Bonchev–Trinajstić information content (AvgIpc) is 2.90. The van der Waals surface area contributed by atoms with E-state index < -0.39 is 0 Å². The quantitative estimate of drug-likeness (QED) is 0.734. The number of rotatable bonds is 4. The summed E-state index contributed by atoms with van der Waals surface area (Å²) in [4.78, 5) is 3.23. The number of aromatic amines is 1. The number of halogens is 1. The van der Waals surface area contributed by atoms with Crippen LogP contribution in [0.5, 0.6) is 0 Å². The Hall–Kier alpha value is -1.77. The van der Waals surface area contributed by atoms with Gasteiger partial charge in [-0.3, -0.25) is 0 Å². The molecular weight excluding hydrogens is 256 g/mol. The van der Waals surface area contributed by atoms with Gasteiger partial charge in [-0.1, -0.05) is 35.9 Å². The summed E-state index contributed by atoms with van der Waals surface area (Å²) in [5.74, 6) is 0. The maximum atomic E-state index is 5.87. The summed E-state index contributed by atoms with van der Waals surface area (Å²) in [5.41, 5.74) is 3.74. The third-order valence-corrected chi connectivity index (χ3v) is 3.50. The van der Waals surface area contributed by atoms with E-state index in [1.54, 1.807) is 0 Å². The van der Waals surface area contributed by atoms with Crippen LogP contribution >= 0.6 is 11.6 Å². The van der Waals surface area contributed by atoms with E-state index in [9.17, 15) is 0 Å². The predicted molar refractivity (Wildman–Crippen MR) is 80.3 cm³/mol. The van der Waals surface area contributed by atoms with Gasteiger partial charge in [0.15, 0.2) is 0 Å². The molecule has 0 fully saturated rings. The first-order valence-electron chi connectivity index (χ1n) is 6.33. The first-order chi connectivity index (χ1) is 9.33. The van der Waals surface area contributed by atoms with E-state index in [0.29, 0.717) is 0 Å². The van der Waals surface area contributed by atoms with Crippen LogP contribution < -0.4 is 5.32 Å². The maximum absolute atomic E-state index is 5.87. The van der Waals surface area contributed by atoms with E-state index in [-0.39, 0.29) is 0 Å². The molecule has 3 rings (SSSR count). The van der Waals surface area contributed by atoms with Crippen molar-refractivity contribution in [2.24, 2.45) is 0 Å². The molecule has 0 unspecified atom stereocenters. The van der Waals surface area contributed by atoms with Crippen molar-refractivity contribution in [2.75, 3.05) is 0 Å². The third-order valence-electron chi connectivity index (χ3n) is 3.24. The van der Waals surface area contributed by atoms with Gasteiger partial charge in [-0.2, -0.15) is 0 Å². The van der Waals surface area contributed by atoms with Crippen molar-refractivity contribution in [3.05, 3.63) is 70.9 Å². The first kappa shape index (κ1) is 12.3. The number of nitrogens with one attached hydrogen (secondary N) is 2. The largest absolute Gasteiger partial charge is 0.361 e. The highest BCUT2D eigenvalue weighted by Crippen LogP contribution is 2.17. The second-order valence-electron chi connectivity index (χ2n) is 4.59. The van der Waals surface area contributed by atoms with Crippen LogP contribution in [0.3, 0.4) is 0 Å². The van der Waals surface area contributed by atoms with Crippen LogP contribution in [-0.2, 0) is 13.1 Å². The fourth-order valence-corrected chi connectivity index (χ4v) is 2.37. The Morgan fingerprint density at radius 2 is 1.79 bits per heavy atom. The number of hydrogen-bond acceptors (Lipinski definition) is 1. The van der Waals surface area contributed by atoms with Crippen LogP contribution in [0, 0.1) is 0 Å². The Morgan fingerprint density at radius 1 is 0.947 bits per heavy atom. The lowest BCUT2D eigenvalue weighted by atomic mass is 10.1. The summed E-state index contributed by atoms with van der Waals surface area (Å²) in [7, 11) is 0. The minimum Gasteiger partial charge on any atom is -0.361 e. The molecule has 96 valence electrons. The second-order valence-corrected chi connectivity index (χ2v) is 5.02. The summed E-state index contributed by atoms with van der Waals surface area (Å²) >= 11 is 5.87. The van der Waals surface area contributed by atoms with E-state index >= 15 is 0 Å². The molecule has 2 nitrogen and oxygen atoms in total. The molecule has 2 N–H and O–H groups in total.